The van der Waals surface area contributed by atoms with E-state index in [2.05, 4.69) is 5.32 Å². The summed E-state index contributed by atoms with van der Waals surface area (Å²) in [4.78, 5) is 21.6. The van der Waals surface area contributed by atoms with Gasteiger partial charge >= 0.3 is 5.97 Å². The maximum absolute atomic E-state index is 11.0. The summed E-state index contributed by atoms with van der Waals surface area (Å²) in [5.74, 6) is -1.08. The van der Waals surface area contributed by atoms with Crippen LogP contribution in [0, 0.1) is 0 Å². The Hall–Kier alpha value is -0.750. The highest BCUT2D eigenvalue weighted by atomic mass is 32.2. The van der Waals surface area contributed by atoms with Gasteiger partial charge in [-0.3, -0.25) is 4.79 Å². The fraction of sp³-hybridized carbons (Fsp3) is 0.750. The predicted octanol–water partition coefficient (Wildman–Crippen LogP) is -0.310. The quantitative estimate of drug-likeness (QED) is 0.572. The van der Waals surface area contributed by atoms with Crippen LogP contribution in [-0.4, -0.2) is 46.2 Å². The third kappa shape index (κ3) is 5.08. The van der Waals surface area contributed by atoms with Crippen LogP contribution in [0.15, 0.2) is 0 Å². The first kappa shape index (κ1) is 13.2. The topological polar surface area (TPSA) is 86.6 Å². The van der Waals surface area contributed by atoms with Gasteiger partial charge < -0.3 is 15.5 Å². The molecule has 1 amide bonds. The normalized spacial score (nSPS) is 14.5. The van der Waals surface area contributed by atoms with E-state index in [1.807, 2.05) is 6.26 Å². The predicted molar refractivity (Wildman–Crippen MR) is 54.2 cm³/mol. The van der Waals surface area contributed by atoms with E-state index in [9.17, 15) is 9.59 Å². The molecular formula is C8H15NO4S. The van der Waals surface area contributed by atoms with Crippen LogP contribution in [0.5, 0.6) is 0 Å². The Morgan fingerprint density at radius 3 is 2.43 bits per heavy atom. The molecule has 0 fully saturated rings. The number of hydrogen-bond acceptors (Lipinski definition) is 4. The molecule has 0 aliphatic heterocycles. The van der Waals surface area contributed by atoms with Crippen LogP contribution < -0.4 is 5.32 Å². The Morgan fingerprint density at radius 1 is 1.50 bits per heavy atom. The highest BCUT2D eigenvalue weighted by Gasteiger charge is 2.21. The number of carbonyl (C=O) groups excluding carboxylic acids is 1. The summed E-state index contributed by atoms with van der Waals surface area (Å²) in [5.41, 5.74) is 0. The SMILES string of the molecule is CSCCC(NC(=O)[C@H](C)O)C(=O)O. The number of thioether (sulfide) groups is 1. The second kappa shape index (κ2) is 6.67. The first-order valence-corrected chi connectivity index (χ1v) is 5.58. The number of aliphatic carboxylic acids is 1. The van der Waals surface area contributed by atoms with Crippen molar-refractivity contribution in [3.63, 3.8) is 0 Å². The molecule has 0 aliphatic rings. The van der Waals surface area contributed by atoms with Crippen molar-refractivity contribution in [2.45, 2.75) is 25.5 Å². The summed E-state index contributed by atoms with van der Waals surface area (Å²) in [6.45, 7) is 1.29. The van der Waals surface area contributed by atoms with Crippen LogP contribution in [0.25, 0.3) is 0 Å². The van der Waals surface area contributed by atoms with Gasteiger partial charge in [-0.1, -0.05) is 0 Å². The molecule has 0 aromatic carbocycles. The summed E-state index contributed by atoms with van der Waals surface area (Å²) in [5, 5.41) is 19.8. The summed E-state index contributed by atoms with van der Waals surface area (Å²) in [6, 6.07) is -0.912. The second-order valence-corrected chi connectivity index (χ2v) is 3.84. The van der Waals surface area contributed by atoms with E-state index in [-0.39, 0.29) is 0 Å². The van der Waals surface area contributed by atoms with Gasteiger partial charge in [-0.05, 0) is 25.4 Å². The van der Waals surface area contributed by atoms with Gasteiger partial charge in [0.1, 0.15) is 12.1 Å². The average Bonchev–Trinajstić information content (AvgIpc) is 2.10. The van der Waals surface area contributed by atoms with Gasteiger partial charge in [-0.15, -0.1) is 0 Å². The highest BCUT2D eigenvalue weighted by Crippen LogP contribution is 2.01. The number of hydrogen-bond donors (Lipinski definition) is 3. The molecule has 14 heavy (non-hydrogen) atoms. The number of carboxylic acid groups (broad SMARTS) is 1. The van der Waals surface area contributed by atoms with Crippen molar-refractivity contribution in [1.29, 1.82) is 0 Å². The third-order valence-electron chi connectivity index (χ3n) is 1.60. The summed E-state index contributed by atoms with van der Waals surface area (Å²) in [7, 11) is 0. The number of aliphatic hydroxyl groups excluding tert-OH is 1. The second-order valence-electron chi connectivity index (χ2n) is 2.86. The maximum Gasteiger partial charge on any atom is 0.326 e. The van der Waals surface area contributed by atoms with E-state index in [0.29, 0.717) is 12.2 Å². The van der Waals surface area contributed by atoms with E-state index in [1.165, 1.54) is 18.7 Å². The standard InChI is InChI=1S/C8H15NO4S/c1-5(10)7(11)9-6(8(12)13)3-4-14-2/h5-6,10H,3-4H2,1-2H3,(H,9,11)(H,12,13)/t5-,6?/m0/s1. The maximum atomic E-state index is 11.0. The lowest BCUT2D eigenvalue weighted by atomic mass is 10.2. The zero-order valence-electron chi connectivity index (χ0n) is 8.19. The Balaban J connectivity index is 4.09. The van der Waals surface area contributed by atoms with Crippen LogP contribution in [0.3, 0.4) is 0 Å². The minimum Gasteiger partial charge on any atom is -0.480 e. The number of aliphatic hydroxyl groups is 1. The fourth-order valence-electron chi connectivity index (χ4n) is 0.785. The van der Waals surface area contributed by atoms with Gasteiger partial charge in [0.15, 0.2) is 0 Å². The summed E-state index contributed by atoms with van der Waals surface area (Å²) < 4.78 is 0. The largest absolute Gasteiger partial charge is 0.480 e. The smallest absolute Gasteiger partial charge is 0.326 e. The first-order chi connectivity index (χ1) is 6.49. The zero-order valence-corrected chi connectivity index (χ0v) is 9.00. The van der Waals surface area contributed by atoms with Crippen LogP contribution in [0.4, 0.5) is 0 Å². The van der Waals surface area contributed by atoms with E-state index < -0.39 is 24.0 Å². The molecule has 5 nitrogen and oxygen atoms in total. The average molecular weight is 221 g/mol. The first-order valence-electron chi connectivity index (χ1n) is 4.19. The number of rotatable bonds is 6. The number of carboxylic acids is 1. The molecule has 0 aromatic rings. The molecular weight excluding hydrogens is 206 g/mol. The zero-order chi connectivity index (χ0) is 11.1. The lowest BCUT2D eigenvalue weighted by Gasteiger charge is -2.14. The molecule has 0 radical (unpaired) electrons. The van der Waals surface area contributed by atoms with Crippen molar-refractivity contribution in [3.05, 3.63) is 0 Å². The van der Waals surface area contributed by atoms with E-state index >= 15 is 0 Å². The molecule has 0 spiro atoms. The van der Waals surface area contributed by atoms with Crippen LogP contribution in [0.1, 0.15) is 13.3 Å². The van der Waals surface area contributed by atoms with Crippen molar-refractivity contribution < 1.29 is 19.8 Å². The van der Waals surface area contributed by atoms with Crippen molar-refractivity contribution in [2.75, 3.05) is 12.0 Å². The lowest BCUT2D eigenvalue weighted by Crippen LogP contribution is -2.45. The van der Waals surface area contributed by atoms with Crippen molar-refractivity contribution in [2.24, 2.45) is 0 Å². The Kier molecular flexibility index (Phi) is 6.31. The Morgan fingerprint density at radius 2 is 2.07 bits per heavy atom. The number of nitrogens with one attached hydrogen (secondary N) is 1. The number of amides is 1. The van der Waals surface area contributed by atoms with Gasteiger partial charge in [-0.2, -0.15) is 11.8 Å². The molecule has 0 heterocycles. The Labute approximate surface area is 86.9 Å². The van der Waals surface area contributed by atoms with Crippen LogP contribution in [0.2, 0.25) is 0 Å². The van der Waals surface area contributed by atoms with Crippen molar-refractivity contribution in [1.82, 2.24) is 5.32 Å². The highest BCUT2D eigenvalue weighted by molar-refractivity contribution is 7.98. The van der Waals surface area contributed by atoms with Crippen molar-refractivity contribution in [3.8, 4) is 0 Å². The molecule has 0 rings (SSSR count). The molecule has 82 valence electrons. The lowest BCUT2D eigenvalue weighted by molar-refractivity contribution is -0.143. The fourth-order valence-corrected chi connectivity index (χ4v) is 1.26. The summed E-state index contributed by atoms with van der Waals surface area (Å²) in [6.07, 6.45) is 1.04. The molecule has 0 saturated heterocycles. The van der Waals surface area contributed by atoms with E-state index in [0.717, 1.165) is 0 Å². The Bertz CT molecular complexity index is 208. The van der Waals surface area contributed by atoms with E-state index in [4.69, 9.17) is 10.2 Å². The molecule has 6 heteroatoms. The minimum atomic E-state index is -1.17. The van der Waals surface area contributed by atoms with E-state index in [1.54, 1.807) is 0 Å². The van der Waals surface area contributed by atoms with Crippen molar-refractivity contribution >= 4 is 23.6 Å². The molecule has 1 unspecified atom stereocenters. The molecule has 0 saturated carbocycles. The molecule has 2 atom stereocenters. The van der Waals surface area contributed by atoms with Gasteiger partial charge in [0.2, 0.25) is 5.91 Å². The van der Waals surface area contributed by atoms with Gasteiger partial charge in [0, 0.05) is 0 Å². The van der Waals surface area contributed by atoms with Crippen LogP contribution in [-0.2, 0) is 9.59 Å². The monoisotopic (exact) mass is 221 g/mol. The third-order valence-corrected chi connectivity index (χ3v) is 2.25. The molecule has 0 aliphatic carbocycles. The van der Waals surface area contributed by atoms with Gasteiger partial charge in [0.05, 0.1) is 0 Å². The van der Waals surface area contributed by atoms with Gasteiger partial charge in [0.25, 0.3) is 0 Å². The molecule has 0 aromatic heterocycles. The minimum absolute atomic E-state index is 0.356. The van der Waals surface area contributed by atoms with Gasteiger partial charge in [-0.25, -0.2) is 4.79 Å². The number of carbonyl (C=O) groups is 2. The molecule has 3 N–H and O–H groups in total. The van der Waals surface area contributed by atoms with Crippen LogP contribution >= 0.6 is 11.8 Å². The molecule has 0 bridgehead atoms. The summed E-state index contributed by atoms with van der Waals surface area (Å²) >= 11 is 1.51.